The van der Waals surface area contributed by atoms with Crippen molar-refractivity contribution in [2.24, 2.45) is 10.8 Å². The Balaban J connectivity index is 3.32. The average Bonchev–Trinajstić information content (AvgIpc) is 2.52. The molecule has 0 atom stereocenters. The molecule has 0 saturated heterocycles. The molecule has 8 heteroatoms. The number of carboxylic acids is 4. The molecule has 4 N–H and O–H groups in total. The summed E-state index contributed by atoms with van der Waals surface area (Å²) in [6, 6.07) is 0. The molecule has 0 heterocycles. The maximum absolute atomic E-state index is 11.1. The van der Waals surface area contributed by atoms with Gasteiger partial charge in [-0.2, -0.15) is 0 Å². The first kappa shape index (κ1) is 16.9. The molecule has 0 amide bonds. The smallest absolute Gasteiger partial charge is 0.303 e. The van der Waals surface area contributed by atoms with Crippen molar-refractivity contribution in [2.45, 2.75) is 44.9 Å². The standard InChI is InChI=1S/C13H18O8/c14-8(15)4-12(5-9(16)17)2-1-3-13(12,6-10(18)19)7-11(20)21/h1-7H2,(H,14,15)(H,16,17)(H,18,19)(H,20,21). The fraction of sp³-hybridized carbons (Fsp3) is 0.692. The van der Waals surface area contributed by atoms with Gasteiger partial charge in [0.1, 0.15) is 0 Å². The summed E-state index contributed by atoms with van der Waals surface area (Å²) in [4.78, 5) is 44.5. The summed E-state index contributed by atoms with van der Waals surface area (Å²) in [5.74, 6) is -5.01. The van der Waals surface area contributed by atoms with Gasteiger partial charge in [-0.1, -0.05) is 6.42 Å². The van der Waals surface area contributed by atoms with Crippen molar-refractivity contribution in [3.05, 3.63) is 0 Å². The molecule has 1 fully saturated rings. The summed E-state index contributed by atoms with van der Waals surface area (Å²) in [7, 11) is 0. The van der Waals surface area contributed by atoms with Gasteiger partial charge >= 0.3 is 23.9 Å². The largest absolute Gasteiger partial charge is 0.481 e. The molecule has 0 aromatic heterocycles. The Labute approximate surface area is 120 Å². The van der Waals surface area contributed by atoms with Gasteiger partial charge in [0.15, 0.2) is 0 Å². The highest BCUT2D eigenvalue weighted by Gasteiger charge is 2.58. The summed E-state index contributed by atoms with van der Waals surface area (Å²) in [6.07, 6.45) is -1.35. The van der Waals surface area contributed by atoms with E-state index in [1.807, 2.05) is 0 Å². The van der Waals surface area contributed by atoms with Crippen LogP contribution in [0.5, 0.6) is 0 Å². The van der Waals surface area contributed by atoms with Crippen LogP contribution in [0.15, 0.2) is 0 Å². The fourth-order valence-electron chi connectivity index (χ4n) is 3.68. The molecule has 0 aliphatic heterocycles. The lowest BCUT2D eigenvalue weighted by molar-refractivity contribution is -0.158. The minimum Gasteiger partial charge on any atom is -0.481 e. The van der Waals surface area contributed by atoms with Gasteiger partial charge in [-0.25, -0.2) is 0 Å². The van der Waals surface area contributed by atoms with E-state index in [0.717, 1.165) is 0 Å². The molecular weight excluding hydrogens is 284 g/mol. The minimum absolute atomic E-state index is 0.201. The molecule has 1 saturated carbocycles. The summed E-state index contributed by atoms with van der Waals surface area (Å²) in [5, 5.41) is 36.3. The predicted molar refractivity (Wildman–Crippen MR) is 67.7 cm³/mol. The zero-order valence-corrected chi connectivity index (χ0v) is 11.4. The third-order valence-electron chi connectivity index (χ3n) is 4.39. The fourth-order valence-corrected chi connectivity index (χ4v) is 3.68. The Bertz CT molecular complexity index is 393. The van der Waals surface area contributed by atoms with Crippen molar-refractivity contribution in [3.63, 3.8) is 0 Å². The molecule has 1 aliphatic carbocycles. The van der Waals surface area contributed by atoms with Crippen LogP contribution in [-0.2, 0) is 19.2 Å². The van der Waals surface area contributed by atoms with E-state index in [1.54, 1.807) is 0 Å². The minimum atomic E-state index is -1.35. The number of rotatable bonds is 8. The number of carbonyl (C=O) groups is 4. The molecule has 0 bridgehead atoms. The van der Waals surface area contributed by atoms with Crippen molar-refractivity contribution in [3.8, 4) is 0 Å². The molecule has 21 heavy (non-hydrogen) atoms. The molecule has 0 aromatic carbocycles. The molecule has 1 rings (SSSR count). The Morgan fingerprint density at radius 1 is 0.619 bits per heavy atom. The first-order valence-corrected chi connectivity index (χ1v) is 6.50. The Kier molecular flexibility index (Phi) is 4.93. The zero-order valence-electron chi connectivity index (χ0n) is 11.4. The number of hydrogen-bond acceptors (Lipinski definition) is 4. The monoisotopic (exact) mass is 302 g/mol. The van der Waals surface area contributed by atoms with Crippen LogP contribution in [0.25, 0.3) is 0 Å². The van der Waals surface area contributed by atoms with E-state index < -0.39 is 60.4 Å². The lowest BCUT2D eigenvalue weighted by Gasteiger charge is -2.43. The molecule has 0 radical (unpaired) electrons. The molecule has 1 aliphatic rings. The summed E-state index contributed by atoms with van der Waals surface area (Å²) >= 11 is 0. The number of aliphatic carboxylic acids is 4. The highest BCUT2D eigenvalue weighted by Crippen LogP contribution is 2.61. The predicted octanol–water partition coefficient (Wildman–Crippen LogP) is 1.04. The quantitative estimate of drug-likeness (QED) is 0.519. The lowest BCUT2D eigenvalue weighted by atomic mass is 9.59. The van der Waals surface area contributed by atoms with Crippen LogP contribution in [0.2, 0.25) is 0 Å². The van der Waals surface area contributed by atoms with Crippen molar-refractivity contribution in [1.29, 1.82) is 0 Å². The van der Waals surface area contributed by atoms with Crippen LogP contribution >= 0.6 is 0 Å². The van der Waals surface area contributed by atoms with E-state index in [-0.39, 0.29) is 12.8 Å². The molecule has 118 valence electrons. The van der Waals surface area contributed by atoms with Gasteiger partial charge in [-0.3, -0.25) is 19.2 Å². The van der Waals surface area contributed by atoms with Gasteiger partial charge in [0.2, 0.25) is 0 Å². The van der Waals surface area contributed by atoms with Gasteiger partial charge in [0, 0.05) is 0 Å². The number of carboxylic acid groups (broad SMARTS) is 4. The Hall–Kier alpha value is -2.12. The summed E-state index contributed by atoms with van der Waals surface area (Å²) in [5.41, 5.74) is -2.69. The lowest BCUT2D eigenvalue weighted by Crippen LogP contribution is -2.44. The average molecular weight is 302 g/mol. The Morgan fingerprint density at radius 3 is 1.05 bits per heavy atom. The van der Waals surface area contributed by atoms with Crippen molar-refractivity contribution < 1.29 is 39.6 Å². The first-order valence-electron chi connectivity index (χ1n) is 6.50. The third-order valence-corrected chi connectivity index (χ3v) is 4.39. The third kappa shape index (κ3) is 3.71. The molecule has 0 aromatic rings. The Morgan fingerprint density at radius 2 is 0.857 bits per heavy atom. The van der Waals surface area contributed by atoms with Crippen LogP contribution in [0, 0.1) is 10.8 Å². The highest BCUT2D eigenvalue weighted by molar-refractivity contribution is 5.76. The highest BCUT2D eigenvalue weighted by atomic mass is 16.4. The maximum atomic E-state index is 11.1. The van der Waals surface area contributed by atoms with Crippen molar-refractivity contribution >= 4 is 23.9 Å². The second-order valence-corrected chi connectivity index (χ2v) is 5.70. The number of hydrogen-bond donors (Lipinski definition) is 4. The van der Waals surface area contributed by atoms with Crippen LogP contribution in [-0.4, -0.2) is 44.3 Å². The van der Waals surface area contributed by atoms with Gasteiger partial charge < -0.3 is 20.4 Å². The van der Waals surface area contributed by atoms with E-state index in [0.29, 0.717) is 6.42 Å². The topological polar surface area (TPSA) is 149 Å². The molecule has 8 nitrogen and oxygen atoms in total. The van der Waals surface area contributed by atoms with E-state index in [4.69, 9.17) is 20.4 Å². The van der Waals surface area contributed by atoms with Crippen LogP contribution < -0.4 is 0 Å². The maximum Gasteiger partial charge on any atom is 0.303 e. The van der Waals surface area contributed by atoms with Crippen molar-refractivity contribution in [2.75, 3.05) is 0 Å². The van der Waals surface area contributed by atoms with Gasteiger partial charge in [-0.15, -0.1) is 0 Å². The van der Waals surface area contributed by atoms with Crippen LogP contribution in [0.1, 0.15) is 44.9 Å². The zero-order chi connectivity index (χ0) is 16.3. The summed E-state index contributed by atoms with van der Waals surface area (Å²) in [6.45, 7) is 0. The molecule has 0 spiro atoms. The summed E-state index contributed by atoms with van der Waals surface area (Å²) < 4.78 is 0. The van der Waals surface area contributed by atoms with Gasteiger partial charge in [0.25, 0.3) is 0 Å². The van der Waals surface area contributed by atoms with Gasteiger partial charge in [-0.05, 0) is 23.7 Å². The second-order valence-electron chi connectivity index (χ2n) is 5.70. The molecular formula is C13H18O8. The second kappa shape index (κ2) is 6.11. The van der Waals surface area contributed by atoms with E-state index in [2.05, 4.69) is 0 Å². The van der Waals surface area contributed by atoms with Crippen molar-refractivity contribution in [1.82, 2.24) is 0 Å². The molecule has 0 unspecified atom stereocenters. The van der Waals surface area contributed by atoms with Crippen LogP contribution in [0.4, 0.5) is 0 Å². The normalized spacial score (nSPS) is 19.0. The SMILES string of the molecule is O=C(O)CC1(CC(=O)O)CCCC1(CC(=O)O)CC(=O)O. The van der Waals surface area contributed by atoms with E-state index >= 15 is 0 Å². The van der Waals surface area contributed by atoms with Crippen LogP contribution in [0.3, 0.4) is 0 Å². The van der Waals surface area contributed by atoms with E-state index in [9.17, 15) is 19.2 Å². The first-order chi connectivity index (χ1) is 9.62. The van der Waals surface area contributed by atoms with Gasteiger partial charge in [0.05, 0.1) is 25.7 Å². The van der Waals surface area contributed by atoms with E-state index in [1.165, 1.54) is 0 Å².